The predicted molar refractivity (Wildman–Crippen MR) is 103 cm³/mol. The minimum atomic E-state index is 0. The van der Waals surface area contributed by atoms with Crippen LogP contribution in [0, 0.1) is 0 Å². The van der Waals surface area contributed by atoms with Crippen molar-refractivity contribution in [3.05, 3.63) is 65.7 Å². The van der Waals surface area contributed by atoms with Gasteiger partial charge in [0.15, 0.2) is 0 Å². The summed E-state index contributed by atoms with van der Waals surface area (Å²) in [5, 5.41) is 3.82. The predicted octanol–water partition coefficient (Wildman–Crippen LogP) is 4.98. The zero-order valence-corrected chi connectivity index (χ0v) is 15.2. The fourth-order valence-electron chi connectivity index (χ4n) is 3.69. The molecule has 3 heteroatoms. The van der Waals surface area contributed by atoms with Crippen LogP contribution in [0.1, 0.15) is 42.7 Å². The second-order valence-corrected chi connectivity index (χ2v) is 6.46. The third-order valence-corrected chi connectivity index (χ3v) is 4.95. The number of rotatable bonds is 6. The van der Waals surface area contributed by atoms with Gasteiger partial charge in [-0.1, -0.05) is 55.3 Å². The molecule has 0 saturated heterocycles. The molecule has 0 radical (unpaired) electrons. The maximum atomic E-state index is 5.40. The first-order chi connectivity index (χ1) is 11.4. The number of hydrogen-bond acceptors (Lipinski definition) is 2. The highest BCUT2D eigenvalue weighted by Crippen LogP contribution is 2.34. The van der Waals surface area contributed by atoms with Gasteiger partial charge in [0.05, 0.1) is 7.11 Å². The molecular weight excluding hydrogens is 318 g/mol. The van der Waals surface area contributed by atoms with Gasteiger partial charge in [-0.15, -0.1) is 12.4 Å². The lowest BCUT2D eigenvalue weighted by Gasteiger charge is -2.33. The van der Waals surface area contributed by atoms with Crippen LogP contribution in [-0.4, -0.2) is 19.7 Å². The zero-order valence-electron chi connectivity index (χ0n) is 14.4. The molecule has 1 aliphatic rings. The van der Waals surface area contributed by atoms with Crippen molar-refractivity contribution in [2.75, 3.05) is 13.7 Å². The summed E-state index contributed by atoms with van der Waals surface area (Å²) in [6.07, 6.45) is 6.32. The Labute approximate surface area is 152 Å². The Balaban J connectivity index is 0.00000208. The summed E-state index contributed by atoms with van der Waals surface area (Å²) < 4.78 is 5.40. The Morgan fingerprint density at radius 3 is 2.58 bits per heavy atom. The molecule has 3 rings (SSSR count). The van der Waals surface area contributed by atoms with Gasteiger partial charge < -0.3 is 10.1 Å². The highest BCUT2D eigenvalue weighted by atomic mass is 35.5. The molecule has 0 amide bonds. The highest BCUT2D eigenvalue weighted by Gasteiger charge is 2.26. The van der Waals surface area contributed by atoms with E-state index in [4.69, 9.17) is 4.74 Å². The van der Waals surface area contributed by atoms with E-state index < -0.39 is 0 Å². The molecule has 24 heavy (non-hydrogen) atoms. The van der Waals surface area contributed by atoms with Gasteiger partial charge in [-0.05, 0) is 55.0 Å². The molecule has 2 aromatic carbocycles. The summed E-state index contributed by atoms with van der Waals surface area (Å²) in [4.78, 5) is 0. The lowest BCUT2D eigenvalue weighted by Crippen LogP contribution is -2.38. The molecule has 0 heterocycles. The quantitative estimate of drug-likeness (QED) is 0.797. The van der Waals surface area contributed by atoms with Crippen LogP contribution in [-0.2, 0) is 6.42 Å². The van der Waals surface area contributed by atoms with Gasteiger partial charge in [0.1, 0.15) is 5.75 Å². The van der Waals surface area contributed by atoms with Crippen molar-refractivity contribution in [1.29, 1.82) is 0 Å². The van der Waals surface area contributed by atoms with Gasteiger partial charge in [-0.2, -0.15) is 0 Å². The standard InChI is InChI=1S/C21H27NO.ClH/c1-23-19-11-7-10-18(16-19)20-12-5-6-13-21(20)22-15-14-17-8-3-2-4-9-17;/h2-4,7-11,16,20-22H,5-6,12-15H2,1H3;1H. The van der Waals surface area contributed by atoms with Crippen molar-refractivity contribution < 1.29 is 4.74 Å². The zero-order chi connectivity index (χ0) is 15.9. The Morgan fingerprint density at radius 1 is 1.00 bits per heavy atom. The maximum Gasteiger partial charge on any atom is 0.119 e. The first kappa shape index (κ1) is 18.8. The second kappa shape index (κ2) is 9.71. The molecule has 0 spiro atoms. The SMILES string of the molecule is COc1cccc(C2CCCCC2NCCc2ccccc2)c1.Cl. The molecule has 2 nitrogen and oxygen atoms in total. The Hall–Kier alpha value is -1.51. The van der Waals surface area contributed by atoms with Crippen LogP contribution in [0.15, 0.2) is 54.6 Å². The van der Waals surface area contributed by atoms with E-state index in [1.54, 1.807) is 7.11 Å². The van der Waals surface area contributed by atoms with E-state index >= 15 is 0 Å². The molecule has 0 aliphatic heterocycles. The first-order valence-corrected chi connectivity index (χ1v) is 8.78. The van der Waals surface area contributed by atoms with Gasteiger partial charge in [0.2, 0.25) is 0 Å². The van der Waals surface area contributed by atoms with Gasteiger partial charge in [0.25, 0.3) is 0 Å². The monoisotopic (exact) mass is 345 g/mol. The normalized spacial score (nSPS) is 20.2. The van der Waals surface area contributed by atoms with E-state index in [1.807, 2.05) is 6.07 Å². The van der Waals surface area contributed by atoms with E-state index in [0.29, 0.717) is 12.0 Å². The van der Waals surface area contributed by atoms with Crippen LogP contribution >= 0.6 is 12.4 Å². The van der Waals surface area contributed by atoms with Crippen molar-refractivity contribution in [1.82, 2.24) is 5.32 Å². The van der Waals surface area contributed by atoms with Gasteiger partial charge in [-0.25, -0.2) is 0 Å². The van der Waals surface area contributed by atoms with E-state index in [0.717, 1.165) is 18.7 Å². The molecule has 0 aromatic heterocycles. The topological polar surface area (TPSA) is 21.3 Å². The highest BCUT2D eigenvalue weighted by molar-refractivity contribution is 5.85. The van der Waals surface area contributed by atoms with Crippen molar-refractivity contribution in [2.24, 2.45) is 0 Å². The van der Waals surface area contributed by atoms with Crippen LogP contribution in [0.3, 0.4) is 0 Å². The summed E-state index contributed by atoms with van der Waals surface area (Å²) in [5.41, 5.74) is 2.83. The number of hydrogen-bond donors (Lipinski definition) is 1. The molecule has 1 aliphatic carbocycles. The molecule has 2 unspecified atom stereocenters. The van der Waals surface area contributed by atoms with E-state index in [-0.39, 0.29) is 12.4 Å². The van der Waals surface area contributed by atoms with Crippen molar-refractivity contribution >= 4 is 12.4 Å². The molecule has 2 atom stereocenters. The summed E-state index contributed by atoms with van der Waals surface area (Å²) in [5.74, 6) is 1.57. The minimum Gasteiger partial charge on any atom is -0.497 e. The fraction of sp³-hybridized carbons (Fsp3) is 0.429. The van der Waals surface area contributed by atoms with E-state index in [9.17, 15) is 0 Å². The molecule has 130 valence electrons. The second-order valence-electron chi connectivity index (χ2n) is 6.46. The average molecular weight is 346 g/mol. The Kier molecular flexibility index (Phi) is 7.61. The molecule has 1 saturated carbocycles. The third-order valence-electron chi connectivity index (χ3n) is 4.95. The van der Waals surface area contributed by atoms with Crippen LogP contribution < -0.4 is 10.1 Å². The van der Waals surface area contributed by atoms with Crippen LogP contribution in [0.5, 0.6) is 5.75 Å². The van der Waals surface area contributed by atoms with Gasteiger partial charge in [0, 0.05) is 6.04 Å². The van der Waals surface area contributed by atoms with Crippen LogP contribution in [0.25, 0.3) is 0 Å². The van der Waals surface area contributed by atoms with Crippen LogP contribution in [0.2, 0.25) is 0 Å². The van der Waals surface area contributed by atoms with E-state index in [2.05, 4.69) is 53.8 Å². The third kappa shape index (κ3) is 4.99. The lowest BCUT2D eigenvalue weighted by molar-refractivity contribution is 0.328. The van der Waals surface area contributed by atoms with Crippen LogP contribution in [0.4, 0.5) is 0 Å². The Bertz CT molecular complexity index is 602. The largest absolute Gasteiger partial charge is 0.497 e. The number of nitrogens with one attached hydrogen (secondary N) is 1. The number of halogens is 1. The number of methoxy groups -OCH3 is 1. The molecule has 2 aromatic rings. The van der Waals surface area contributed by atoms with E-state index in [1.165, 1.54) is 36.8 Å². The Morgan fingerprint density at radius 2 is 1.79 bits per heavy atom. The molecule has 0 bridgehead atoms. The summed E-state index contributed by atoms with van der Waals surface area (Å²) >= 11 is 0. The minimum absolute atomic E-state index is 0. The fourth-order valence-corrected chi connectivity index (χ4v) is 3.69. The number of ether oxygens (including phenoxy) is 1. The molecular formula is C21H28ClNO. The van der Waals surface area contributed by atoms with Crippen molar-refractivity contribution in [3.63, 3.8) is 0 Å². The molecule has 1 N–H and O–H groups in total. The first-order valence-electron chi connectivity index (χ1n) is 8.78. The van der Waals surface area contributed by atoms with Crippen molar-refractivity contribution in [3.8, 4) is 5.75 Å². The number of benzene rings is 2. The summed E-state index contributed by atoms with van der Waals surface area (Å²) in [7, 11) is 1.75. The van der Waals surface area contributed by atoms with Gasteiger partial charge in [-0.3, -0.25) is 0 Å². The maximum absolute atomic E-state index is 5.40. The smallest absolute Gasteiger partial charge is 0.119 e. The lowest BCUT2D eigenvalue weighted by atomic mass is 9.80. The van der Waals surface area contributed by atoms with Gasteiger partial charge >= 0.3 is 0 Å². The summed E-state index contributed by atoms with van der Waals surface area (Å²) in [6.45, 7) is 1.05. The average Bonchev–Trinajstić information content (AvgIpc) is 2.63. The van der Waals surface area contributed by atoms with Crippen molar-refractivity contribution in [2.45, 2.75) is 44.1 Å². The summed E-state index contributed by atoms with van der Waals surface area (Å²) in [6, 6.07) is 19.9. The molecule has 1 fully saturated rings.